The molecule has 0 bridgehead atoms. The lowest BCUT2D eigenvalue weighted by Crippen LogP contribution is -2.16. The summed E-state index contributed by atoms with van der Waals surface area (Å²) in [5.74, 6) is 3.06. The Morgan fingerprint density at radius 1 is 1.11 bits per heavy atom. The average molecular weight is 397 g/mol. The van der Waals surface area contributed by atoms with Crippen molar-refractivity contribution in [3.05, 3.63) is 48.0 Å². The predicted octanol–water partition coefficient (Wildman–Crippen LogP) is 3.24. The molecule has 2 heterocycles. The third-order valence-corrected chi connectivity index (χ3v) is 5.40. The molecule has 0 saturated carbocycles. The highest BCUT2D eigenvalue weighted by Gasteiger charge is 2.17. The zero-order valence-electron chi connectivity index (χ0n) is 15.5. The Morgan fingerprint density at radius 3 is 2.61 bits per heavy atom. The summed E-state index contributed by atoms with van der Waals surface area (Å²) in [5, 5.41) is 9.15. The lowest BCUT2D eigenvalue weighted by Gasteiger charge is -2.18. The standard InChI is InChI=1S/C20H19N3O4S/c1-23-19(13-3-6-15(25-2)7-4-13)21-22-20(23)28-12-16(24)14-5-8-17-18(11-14)27-10-9-26-17/h3-8,11H,9-10,12H2,1-2H3. The Kier molecular flexibility index (Phi) is 5.21. The zero-order chi connectivity index (χ0) is 19.5. The predicted molar refractivity (Wildman–Crippen MR) is 105 cm³/mol. The third kappa shape index (κ3) is 3.68. The molecule has 28 heavy (non-hydrogen) atoms. The summed E-state index contributed by atoms with van der Waals surface area (Å²) in [6.07, 6.45) is 0. The van der Waals surface area contributed by atoms with Crippen LogP contribution in [0.15, 0.2) is 47.6 Å². The fourth-order valence-electron chi connectivity index (χ4n) is 2.86. The topological polar surface area (TPSA) is 75.5 Å². The van der Waals surface area contributed by atoms with Crippen molar-refractivity contribution in [1.82, 2.24) is 14.8 Å². The van der Waals surface area contributed by atoms with Gasteiger partial charge >= 0.3 is 0 Å². The molecular formula is C20H19N3O4S. The van der Waals surface area contributed by atoms with Crippen molar-refractivity contribution >= 4 is 17.5 Å². The first-order chi connectivity index (χ1) is 13.7. The molecule has 0 atom stereocenters. The SMILES string of the molecule is COc1ccc(-c2nnc(SCC(=O)c3ccc4c(c3)OCCO4)n2C)cc1. The van der Waals surface area contributed by atoms with Gasteiger partial charge in [0.15, 0.2) is 28.3 Å². The largest absolute Gasteiger partial charge is 0.497 e. The number of hydrogen-bond acceptors (Lipinski definition) is 7. The molecule has 3 aromatic rings. The molecule has 8 heteroatoms. The Hall–Kier alpha value is -3.00. The van der Waals surface area contributed by atoms with Gasteiger partial charge in [0.25, 0.3) is 0 Å². The van der Waals surface area contributed by atoms with Crippen LogP contribution in [0.2, 0.25) is 0 Å². The fourth-order valence-corrected chi connectivity index (χ4v) is 3.67. The van der Waals surface area contributed by atoms with Crippen molar-refractivity contribution in [3.8, 4) is 28.6 Å². The third-order valence-electron chi connectivity index (χ3n) is 4.38. The Labute approximate surface area is 166 Å². The van der Waals surface area contributed by atoms with Gasteiger partial charge in [0.1, 0.15) is 19.0 Å². The fraction of sp³-hybridized carbons (Fsp3) is 0.250. The van der Waals surface area contributed by atoms with E-state index in [1.54, 1.807) is 25.3 Å². The van der Waals surface area contributed by atoms with Crippen LogP contribution < -0.4 is 14.2 Å². The summed E-state index contributed by atoms with van der Waals surface area (Å²) in [6, 6.07) is 12.9. The molecule has 2 aromatic carbocycles. The molecular weight excluding hydrogens is 378 g/mol. The number of methoxy groups -OCH3 is 1. The molecule has 0 unspecified atom stereocenters. The van der Waals surface area contributed by atoms with Gasteiger partial charge in [-0.25, -0.2) is 0 Å². The molecule has 0 spiro atoms. The number of ketones is 1. The molecule has 0 fully saturated rings. The van der Waals surface area contributed by atoms with Crippen LogP contribution >= 0.6 is 11.8 Å². The number of ether oxygens (including phenoxy) is 3. The second-order valence-corrected chi connectivity index (χ2v) is 7.11. The quantitative estimate of drug-likeness (QED) is 0.467. The molecule has 144 valence electrons. The highest BCUT2D eigenvalue weighted by atomic mass is 32.2. The summed E-state index contributed by atoms with van der Waals surface area (Å²) in [4.78, 5) is 12.6. The Balaban J connectivity index is 1.45. The molecule has 1 aromatic heterocycles. The van der Waals surface area contributed by atoms with E-state index >= 15 is 0 Å². The first-order valence-electron chi connectivity index (χ1n) is 8.75. The van der Waals surface area contributed by atoms with E-state index in [0.717, 1.165) is 17.1 Å². The molecule has 1 aliphatic heterocycles. The van der Waals surface area contributed by atoms with Crippen molar-refractivity contribution in [2.24, 2.45) is 7.05 Å². The maximum Gasteiger partial charge on any atom is 0.191 e. The van der Waals surface area contributed by atoms with Crippen molar-refractivity contribution in [2.75, 3.05) is 26.1 Å². The van der Waals surface area contributed by atoms with E-state index in [1.807, 2.05) is 35.9 Å². The van der Waals surface area contributed by atoms with Crippen molar-refractivity contribution < 1.29 is 19.0 Å². The van der Waals surface area contributed by atoms with Crippen LogP contribution in [0.5, 0.6) is 17.2 Å². The minimum absolute atomic E-state index is 0.00373. The second-order valence-electron chi connectivity index (χ2n) is 6.16. The van der Waals surface area contributed by atoms with Gasteiger partial charge in [0.05, 0.1) is 12.9 Å². The molecule has 0 N–H and O–H groups in total. The summed E-state index contributed by atoms with van der Waals surface area (Å²) in [7, 11) is 3.52. The monoisotopic (exact) mass is 397 g/mol. The summed E-state index contributed by atoms with van der Waals surface area (Å²) in [6.45, 7) is 1.02. The minimum atomic E-state index is -0.00373. The normalized spacial score (nSPS) is 12.6. The van der Waals surface area contributed by atoms with E-state index in [4.69, 9.17) is 14.2 Å². The average Bonchev–Trinajstić information content (AvgIpc) is 3.12. The Bertz CT molecular complexity index is 1000. The Morgan fingerprint density at radius 2 is 1.86 bits per heavy atom. The highest BCUT2D eigenvalue weighted by molar-refractivity contribution is 7.99. The van der Waals surface area contributed by atoms with Gasteiger partial charge in [-0.1, -0.05) is 11.8 Å². The van der Waals surface area contributed by atoms with Crippen molar-refractivity contribution in [3.63, 3.8) is 0 Å². The number of carbonyl (C=O) groups excluding carboxylic acids is 1. The summed E-state index contributed by atoms with van der Waals surface area (Å²) in [5.41, 5.74) is 1.52. The first-order valence-corrected chi connectivity index (χ1v) is 9.74. The van der Waals surface area contributed by atoms with Crippen LogP contribution in [0.1, 0.15) is 10.4 Å². The number of aromatic nitrogens is 3. The summed E-state index contributed by atoms with van der Waals surface area (Å²) >= 11 is 1.35. The van der Waals surface area contributed by atoms with E-state index in [1.165, 1.54) is 11.8 Å². The maximum absolute atomic E-state index is 12.6. The summed E-state index contributed by atoms with van der Waals surface area (Å²) < 4.78 is 18.1. The van der Waals surface area contributed by atoms with Crippen LogP contribution in [0, 0.1) is 0 Å². The van der Waals surface area contributed by atoms with Gasteiger partial charge in [-0.15, -0.1) is 10.2 Å². The van der Waals surface area contributed by atoms with Crippen LogP contribution in [0.4, 0.5) is 0 Å². The molecule has 0 aliphatic carbocycles. The molecule has 1 aliphatic rings. The van der Waals surface area contributed by atoms with Crippen LogP contribution in [0.25, 0.3) is 11.4 Å². The number of Topliss-reactive ketones (excluding diaryl/α,β-unsaturated/α-hetero) is 1. The van der Waals surface area contributed by atoms with Crippen molar-refractivity contribution in [2.45, 2.75) is 5.16 Å². The first kappa shape index (κ1) is 18.4. The van der Waals surface area contributed by atoms with Gasteiger partial charge in [-0.2, -0.15) is 0 Å². The van der Waals surface area contributed by atoms with Gasteiger partial charge < -0.3 is 18.8 Å². The van der Waals surface area contributed by atoms with Crippen LogP contribution in [-0.4, -0.2) is 46.6 Å². The second kappa shape index (κ2) is 7.93. The van der Waals surface area contributed by atoms with E-state index in [9.17, 15) is 4.79 Å². The van der Waals surface area contributed by atoms with Gasteiger partial charge in [0.2, 0.25) is 0 Å². The van der Waals surface area contributed by atoms with Crippen LogP contribution in [-0.2, 0) is 7.05 Å². The molecule has 7 nitrogen and oxygen atoms in total. The lowest BCUT2D eigenvalue weighted by molar-refractivity contribution is 0.102. The lowest BCUT2D eigenvalue weighted by atomic mass is 10.1. The van der Waals surface area contributed by atoms with E-state index < -0.39 is 0 Å². The number of thioether (sulfide) groups is 1. The highest BCUT2D eigenvalue weighted by Crippen LogP contribution is 2.31. The number of fused-ring (bicyclic) bond motifs is 1. The van der Waals surface area contributed by atoms with Gasteiger partial charge in [-0.3, -0.25) is 4.79 Å². The van der Waals surface area contributed by atoms with Gasteiger partial charge in [0, 0.05) is 18.2 Å². The minimum Gasteiger partial charge on any atom is -0.497 e. The number of nitrogens with zero attached hydrogens (tertiary/aromatic N) is 3. The van der Waals surface area contributed by atoms with E-state index in [2.05, 4.69) is 10.2 Å². The maximum atomic E-state index is 12.6. The molecule has 0 amide bonds. The molecule has 0 radical (unpaired) electrons. The van der Waals surface area contributed by atoms with Crippen molar-refractivity contribution in [1.29, 1.82) is 0 Å². The number of rotatable bonds is 6. The number of benzene rings is 2. The van der Waals surface area contributed by atoms with Crippen LogP contribution in [0.3, 0.4) is 0 Å². The molecule has 0 saturated heterocycles. The van der Waals surface area contributed by atoms with Gasteiger partial charge in [-0.05, 0) is 42.5 Å². The molecule has 4 rings (SSSR count). The number of carbonyl (C=O) groups is 1. The smallest absolute Gasteiger partial charge is 0.191 e. The zero-order valence-corrected chi connectivity index (χ0v) is 16.4. The van der Waals surface area contributed by atoms with E-state index in [0.29, 0.717) is 35.4 Å². The number of hydrogen-bond donors (Lipinski definition) is 0. The van der Waals surface area contributed by atoms with E-state index in [-0.39, 0.29) is 11.5 Å².